The third-order valence-electron chi connectivity index (χ3n) is 4.59. The molecule has 0 fully saturated rings. The topological polar surface area (TPSA) is 64.0 Å². The van der Waals surface area contributed by atoms with E-state index in [2.05, 4.69) is 10.3 Å². The van der Waals surface area contributed by atoms with Gasteiger partial charge in [0.2, 0.25) is 5.91 Å². The van der Waals surface area contributed by atoms with E-state index in [1.54, 1.807) is 17.4 Å². The zero-order chi connectivity index (χ0) is 18.1. The summed E-state index contributed by atoms with van der Waals surface area (Å²) in [5.41, 5.74) is 1.05. The molecule has 3 aromatic heterocycles. The molecule has 1 amide bonds. The molecule has 0 saturated heterocycles. The molecule has 136 valence electrons. The van der Waals surface area contributed by atoms with Crippen LogP contribution in [-0.2, 0) is 30.7 Å². The van der Waals surface area contributed by atoms with Crippen molar-refractivity contribution in [3.05, 3.63) is 48.5 Å². The Morgan fingerprint density at radius 3 is 2.88 bits per heavy atom. The van der Waals surface area contributed by atoms with Crippen LogP contribution < -0.4 is 10.9 Å². The lowest BCUT2D eigenvalue weighted by Crippen LogP contribution is -2.32. The molecule has 0 unspecified atom stereocenters. The molecule has 0 spiro atoms. The summed E-state index contributed by atoms with van der Waals surface area (Å²) in [6, 6.07) is 3.69. The van der Waals surface area contributed by atoms with Crippen LogP contribution in [0.3, 0.4) is 0 Å². The number of fused-ring (bicyclic) bond motifs is 3. The average molecular weight is 408 g/mol. The third-order valence-corrected chi connectivity index (χ3v) is 7.03. The molecule has 26 heavy (non-hydrogen) atoms. The molecule has 1 aliphatic carbocycles. The highest BCUT2D eigenvalue weighted by Gasteiger charge is 2.19. The Hall–Kier alpha value is -1.70. The minimum Gasteiger partial charge on any atom is -0.350 e. The molecule has 8 heteroatoms. The molecule has 1 aliphatic rings. The van der Waals surface area contributed by atoms with Crippen molar-refractivity contribution >= 4 is 50.4 Å². The first-order valence-electron chi connectivity index (χ1n) is 8.62. The van der Waals surface area contributed by atoms with Crippen molar-refractivity contribution in [2.24, 2.45) is 0 Å². The van der Waals surface area contributed by atoms with Gasteiger partial charge < -0.3 is 5.32 Å². The molecule has 0 radical (unpaired) electrons. The first-order valence-corrected chi connectivity index (χ1v) is 10.6. The highest BCUT2D eigenvalue weighted by atomic mass is 35.5. The van der Waals surface area contributed by atoms with Crippen LogP contribution in [0.15, 0.2) is 23.3 Å². The number of aryl methyl sites for hydroxylation is 2. The van der Waals surface area contributed by atoms with E-state index in [1.807, 2.05) is 6.07 Å². The number of nitrogens with zero attached hydrogens (tertiary/aromatic N) is 2. The maximum absolute atomic E-state index is 12.9. The van der Waals surface area contributed by atoms with E-state index in [0.717, 1.165) is 34.5 Å². The molecule has 4 rings (SSSR count). The summed E-state index contributed by atoms with van der Waals surface area (Å²) < 4.78 is 2.11. The monoisotopic (exact) mass is 407 g/mol. The summed E-state index contributed by atoms with van der Waals surface area (Å²) in [7, 11) is 0. The SMILES string of the molecule is O=C(Cn1cnc2sc3c(c2c1=O)CCCCC3)NCc1ccc(Cl)s1. The molecule has 0 aromatic carbocycles. The second kappa shape index (κ2) is 7.50. The summed E-state index contributed by atoms with van der Waals surface area (Å²) in [6.45, 7) is 0.389. The first kappa shape index (κ1) is 17.7. The predicted molar refractivity (Wildman–Crippen MR) is 106 cm³/mol. The Kier molecular flexibility index (Phi) is 5.11. The molecule has 0 atom stereocenters. The Morgan fingerprint density at radius 1 is 1.23 bits per heavy atom. The van der Waals surface area contributed by atoms with Crippen LogP contribution in [0.5, 0.6) is 0 Å². The van der Waals surface area contributed by atoms with E-state index in [4.69, 9.17) is 11.6 Å². The Morgan fingerprint density at radius 2 is 2.08 bits per heavy atom. The van der Waals surface area contributed by atoms with Gasteiger partial charge in [-0.05, 0) is 43.4 Å². The Bertz CT molecular complexity index is 1020. The van der Waals surface area contributed by atoms with Crippen LogP contribution in [0, 0.1) is 0 Å². The zero-order valence-electron chi connectivity index (χ0n) is 14.1. The average Bonchev–Trinajstić information content (AvgIpc) is 3.12. The van der Waals surface area contributed by atoms with Crippen LogP contribution in [0.4, 0.5) is 0 Å². The predicted octanol–water partition coefficient (Wildman–Crippen LogP) is 3.76. The fraction of sp³-hybridized carbons (Fsp3) is 0.389. The van der Waals surface area contributed by atoms with E-state index in [-0.39, 0.29) is 18.0 Å². The van der Waals surface area contributed by atoms with Gasteiger partial charge in [-0.1, -0.05) is 18.0 Å². The van der Waals surface area contributed by atoms with Crippen molar-refractivity contribution in [3.63, 3.8) is 0 Å². The summed E-state index contributed by atoms with van der Waals surface area (Å²) in [6.07, 6.45) is 6.93. The van der Waals surface area contributed by atoms with Crippen LogP contribution >= 0.6 is 34.3 Å². The quantitative estimate of drug-likeness (QED) is 0.670. The van der Waals surface area contributed by atoms with Crippen molar-refractivity contribution in [2.45, 2.75) is 45.2 Å². The van der Waals surface area contributed by atoms with Gasteiger partial charge in [0.1, 0.15) is 11.4 Å². The van der Waals surface area contributed by atoms with E-state index < -0.39 is 0 Å². The largest absolute Gasteiger partial charge is 0.350 e. The van der Waals surface area contributed by atoms with E-state index in [9.17, 15) is 9.59 Å². The number of hydrogen-bond donors (Lipinski definition) is 1. The number of carbonyl (C=O) groups excluding carboxylic acids is 1. The lowest BCUT2D eigenvalue weighted by molar-refractivity contribution is -0.121. The highest BCUT2D eigenvalue weighted by molar-refractivity contribution is 7.18. The maximum Gasteiger partial charge on any atom is 0.262 e. The van der Waals surface area contributed by atoms with Gasteiger partial charge in [-0.15, -0.1) is 22.7 Å². The lowest BCUT2D eigenvalue weighted by Gasteiger charge is -2.07. The van der Waals surface area contributed by atoms with Crippen LogP contribution in [0.2, 0.25) is 4.34 Å². The molecule has 0 aliphatic heterocycles. The smallest absolute Gasteiger partial charge is 0.262 e. The summed E-state index contributed by atoms with van der Waals surface area (Å²) in [5.74, 6) is -0.209. The molecule has 0 bridgehead atoms. The van der Waals surface area contributed by atoms with Gasteiger partial charge in [0.05, 0.1) is 22.6 Å². The second-order valence-corrected chi connectivity index (χ2v) is 9.29. The summed E-state index contributed by atoms with van der Waals surface area (Å²) in [5, 5.41) is 3.55. The Balaban J connectivity index is 1.54. The fourth-order valence-corrected chi connectivity index (χ4v) is 5.56. The molecular weight excluding hydrogens is 390 g/mol. The maximum atomic E-state index is 12.9. The zero-order valence-corrected chi connectivity index (χ0v) is 16.5. The van der Waals surface area contributed by atoms with Gasteiger partial charge in [-0.2, -0.15) is 0 Å². The van der Waals surface area contributed by atoms with Crippen molar-refractivity contribution < 1.29 is 4.79 Å². The molecule has 0 saturated carbocycles. The fourth-order valence-electron chi connectivity index (χ4n) is 3.31. The minimum atomic E-state index is -0.209. The number of amides is 1. The van der Waals surface area contributed by atoms with Crippen LogP contribution in [0.1, 0.15) is 34.6 Å². The number of nitrogens with one attached hydrogen (secondary N) is 1. The molecule has 3 aromatic rings. The van der Waals surface area contributed by atoms with Gasteiger partial charge in [0.25, 0.3) is 5.56 Å². The summed E-state index contributed by atoms with van der Waals surface area (Å²) >= 11 is 8.95. The third kappa shape index (κ3) is 3.56. The van der Waals surface area contributed by atoms with E-state index in [1.165, 1.54) is 39.9 Å². The number of thiophene rings is 2. The number of aromatic nitrogens is 2. The van der Waals surface area contributed by atoms with Gasteiger partial charge in [-0.25, -0.2) is 4.98 Å². The summed E-state index contributed by atoms with van der Waals surface area (Å²) in [4.78, 5) is 32.7. The van der Waals surface area contributed by atoms with Crippen molar-refractivity contribution in [1.29, 1.82) is 0 Å². The van der Waals surface area contributed by atoms with Gasteiger partial charge in [0, 0.05) is 9.75 Å². The minimum absolute atomic E-state index is 0.0223. The van der Waals surface area contributed by atoms with Crippen LogP contribution in [0.25, 0.3) is 10.2 Å². The highest BCUT2D eigenvalue weighted by Crippen LogP contribution is 2.32. The van der Waals surface area contributed by atoms with Gasteiger partial charge >= 0.3 is 0 Å². The van der Waals surface area contributed by atoms with Crippen molar-refractivity contribution in [3.8, 4) is 0 Å². The number of halogens is 1. The molecule has 3 heterocycles. The van der Waals surface area contributed by atoms with Gasteiger partial charge in [-0.3, -0.25) is 14.2 Å². The molecule has 5 nitrogen and oxygen atoms in total. The Labute approximate surface area is 163 Å². The second-order valence-electron chi connectivity index (χ2n) is 6.40. The van der Waals surface area contributed by atoms with Crippen molar-refractivity contribution in [2.75, 3.05) is 0 Å². The van der Waals surface area contributed by atoms with Crippen molar-refractivity contribution in [1.82, 2.24) is 14.9 Å². The lowest BCUT2D eigenvalue weighted by atomic mass is 10.1. The van der Waals surface area contributed by atoms with Crippen LogP contribution in [-0.4, -0.2) is 15.5 Å². The molecule has 1 N–H and O–H groups in total. The standard InChI is InChI=1S/C18H18ClN3O2S2/c19-14-7-6-11(25-14)8-20-15(23)9-22-10-21-17-16(18(22)24)12-4-2-1-3-5-13(12)26-17/h6-7,10H,1-5,8-9H2,(H,20,23). The molecular formula is C18H18ClN3O2S2. The van der Waals surface area contributed by atoms with E-state index in [0.29, 0.717) is 16.3 Å². The van der Waals surface area contributed by atoms with Gasteiger partial charge in [0.15, 0.2) is 0 Å². The normalized spacial score (nSPS) is 14.2. The van der Waals surface area contributed by atoms with E-state index >= 15 is 0 Å². The number of hydrogen-bond acceptors (Lipinski definition) is 5. The number of rotatable bonds is 4. The number of carbonyl (C=O) groups is 1. The first-order chi connectivity index (χ1) is 12.6.